The SMILES string of the molecule is COc1ccccc1CCC(=O)N1C[C@@H]2COC[C@H](C1)N(Cc1ncc[nH]1)C2. The fourth-order valence-corrected chi connectivity index (χ4v) is 4.21. The molecule has 0 radical (unpaired) electrons. The molecule has 1 aromatic carbocycles. The Hall–Kier alpha value is -2.38. The number of nitrogens with zero attached hydrogens (tertiary/aromatic N) is 3. The smallest absolute Gasteiger partial charge is 0.222 e. The molecule has 1 amide bonds. The molecule has 1 aromatic heterocycles. The number of methoxy groups -OCH3 is 1. The zero-order valence-corrected chi connectivity index (χ0v) is 16.3. The van der Waals surface area contributed by atoms with Gasteiger partial charge in [0.2, 0.25) is 5.91 Å². The number of fused-ring (bicyclic) bond motifs is 3. The summed E-state index contributed by atoms with van der Waals surface area (Å²) in [7, 11) is 1.67. The molecule has 0 unspecified atom stereocenters. The molecule has 2 aliphatic heterocycles. The third kappa shape index (κ3) is 4.36. The molecule has 0 aliphatic carbocycles. The third-order valence-corrected chi connectivity index (χ3v) is 5.64. The van der Waals surface area contributed by atoms with Gasteiger partial charge in [0.1, 0.15) is 11.6 Å². The van der Waals surface area contributed by atoms with E-state index in [0.717, 1.165) is 36.8 Å². The van der Waals surface area contributed by atoms with Gasteiger partial charge >= 0.3 is 0 Å². The lowest BCUT2D eigenvalue weighted by molar-refractivity contribution is -0.133. The second-order valence-corrected chi connectivity index (χ2v) is 7.63. The molecular formula is C21H28N4O3. The van der Waals surface area contributed by atoms with Gasteiger partial charge in [0.25, 0.3) is 0 Å². The first kappa shape index (κ1) is 19.0. The Bertz CT molecular complexity index is 780. The molecule has 3 heterocycles. The number of aromatic amines is 1. The molecular weight excluding hydrogens is 356 g/mol. The van der Waals surface area contributed by atoms with Crippen LogP contribution < -0.4 is 4.74 Å². The number of aromatic nitrogens is 2. The van der Waals surface area contributed by atoms with Crippen LogP contribution in [0.5, 0.6) is 5.75 Å². The Kier molecular flexibility index (Phi) is 5.92. The molecule has 0 saturated carbocycles. The van der Waals surface area contributed by atoms with Gasteiger partial charge in [-0.2, -0.15) is 0 Å². The third-order valence-electron chi connectivity index (χ3n) is 5.64. The van der Waals surface area contributed by atoms with Gasteiger partial charge in [0.05, 0.1) is 32.9 Å². The van der Waals surface area contributed by atoms with Crippen LogP contribution in [0, 0.1) is 5.92 Å². The first-order valence-corrected chi connectivity index (χ1v) is 9.92. The average Bonchev–Trinajstić information content (AvgIpc) is 3.06. The van der Waals surface area contributed by atoms with Crippen molar-refractivity contribution in [3.8, 4) is 5.75 Å². The molecule has 28 heavy (non-hydrogen) atoms. The number of aryl methyl sites for hydroxylation is 1. The highest BCUT2D eigenvalue weighted by atomic mass is 16.5. The van der Waals surface area contributed by atoms with Crippen LogP contribution in [-0.2, 0) is 22.5 Å². The molecule has 2 aliphatic rings. The fraction of sp³-hybridized carbons (Fsp3) is 0.524. The Balaban J connectivity index is 1.40. The maximum atomic E-state index is 13.0. The van der Waals surface area contributed by atoms with E-state index < -0.39 is 0 Å². The highest BCUT2D eigenvalue weighted by Crippen LogP contribution is 2.23. The zero-order chi connectivity index (χ0) is 19.3. The summed E-state index contributed by atoms with van der Waals surface area (Å²) in [6, 6.07) is 8.12. The van der Waals surface area contributed by atoms with Crippen molar-refractivity contribution in [1.29, 1.82) is 0 Å². The molecule has 7 nitrogen and oxygen atoms in total. The zero-order valence-electron chi connectivity index (χ0n) is 16.3. The van der Waals surface area contributed by atoms with Crippen molar-refractivity contribution in [3.63, 3.8) is 0 Å². The van der Waals surface area contributed by atoms with E-state index in [-0.39, 0.29) is 11.9 Å². The van der Waals surface area contributed by atoms with Gasteiger partial charge in [0, 0.05) is 44.4 Å². The van der Waals surface area contributed by atoms with Crippen molar-refractivity contribution in [2.24, 2.45) is 5.92 Å². The van der Waals surface area contributed by atoms with Gasteiger partial charge in [-0.3, -0.25) is 9.69 Å². The van der Waals surface area contributed by atoms with E-state index >= 15 is 0 Å². The summed E-state index contributed by atoms with van der Waals surface area (Å²) in [5, 5.41) is 0. The Morgan fingerprint density at radius 2 is 2.18 bits per heavy atom. The van der Waals surface area contributed by atoms with Crippen LogP contribution in [0.3, 0.4) is 0 Å². The van der Waals surface area contributed by atoms with Crippen molar-refractivity contribution < 1.29 is 14.3 Å². The van der Waals surface area contributed by atoms with Crippen LogP contribution in [-0.4, -0.2) is 71.7 Å². The van der Waals surface area contributed by atoms with E-state index in [1.54, 1.807) is 13.3 Å². The minimum Gasteiger partial charge on any atom is -0.496 e. The first-order valence-electron chi connectivity index (χ1n) is 9.92. The van der Waals surface area contributed by atoms with Crippen molar-refractivity contribution in [3.05, 3.63) is 48.0 Å². The van der Waals surface area contributed by atoms with Crippen LogP contribution in [0.15, 0.2) is 36.7 Å². The predicted octanol–water partition coefficient (Wildman–Crippen LogP) is 1.71. The highest BCUT2D eigenvalue weighted by Gasteiger charge is 2.35. The molecule has 2 atom stereocenters. The van der Waals surface area contributed by atoms with Gasteiger partial charge in [-0.25, -0.2) is 4.98 Å². The number of imidazole rings is 1. The molecule has 0 spiro atoms. The van der Waals surface area contributed by atoms with Crippen molar-refractivity contribution >= 4 is 5.91 Å². The fourth-order valence-electron chi connectivity index (χ4n) is 4.21. The van der Waals surface area contributed by atoms with Crippen LogP contribution in [0.1, 0.15) is 17.8 Å². The minimum absolute atomic E-state index is 0.202. The van der Waals surface area contributed by atoms with E-state index in [1.165, 1.54) is 0 Å². The maximum Gasteiger partial charge on any atom is 0.222 e. The largest absolute Gasteiger partial charge is 0.496 e. The Labute approximate surface area is 165 Å². The highest BCUT2D eigenvalue weighted by molar-refractivity contribution is 5.76. The van der Waals surface area contributed by atoms with Crippen LogP contribution in [0.4, 0.5) is 0 Å². The lowest BCUT2D eigenvalue weighted by Crippen LogP contribution is -2.45. The molecule has 2 bridgehead atoms. The number of carbonyl (C=O) groups is 1. The molecule has 7 heteroatoms. The quantitative estimate of drug-likeness (QED) is 0.821. The number of amides is 1. The number of rotatable bonds is 6. The maximum absolute atomic E-state index is 13.0. The summed E-state index contributed by atoms with van der Waals surface area (Å²) < 4.78 is 11.3. The van der Waals surface area contributed by atoms with Crippen LogP contribution in [0.2, 0.25) is 0 Å². The molecule has 2 saturated heterocycles. The van der Waals surface area contributed by atoms with Crippen LogP contribution >= 0.6 is 0 Å². The number of ether oxygens (including phenoxy) is 2. The first-order chi connectivity index (χ1) is 13.7. The molecule has 150 valence electrons. The number of H-pyrrole nitrogens is 1. The molecule has 2 fully saturated rings. The minimum atomic E-state index is 0.202. The average molecular weight is 384 g/mol. The van der Waals surface area contributed by atoms with Gasteiger partial charge in [-0.05, 0) is 18.1 Å². The Morgan fingerprint density at radius 3 is 3.00 bits per heavy atom. The van der Waals surface area contributed by atoms with Gasteiger partial charge < -0.3 is 19.4 Å². The van der Waals surface area contributed by atoms with E-state index in [1.807, 2.05) is 35.4 Å². The van der Waals surface area contributed by atoms with Gasteiger partial charge in [0.15, 0.2) is 0 Å². The van der Waals surface area contributed by atoms with Gasteiger partial charge in [-0.1, -0.05) is 18.2 Å². The number of benzene rings is 1. The normalized spacial score (nSPS) is 22.7. The topological polar surface area (TPSA) is 70.7 Å². The summed E-state index contributed by atoms with van der Waals surface area (Å²) in [5.41, 5.74) is 1.08. The summed E-state index contributed by atoms with van der Waals surface area (Å²) in [6.45, 7) is 4.54. The Morgan fingerprint density at radius 1 is 1.29 bits per heavy atom. The summed E-state index contributed by atoms with van der Waals surface area (Å²) >= 11 is 0. The monoisotopic (exact) mass is 384 g/mol. The lowest BCUT2D eigenvalue weighted by atomic mass is 10.1. The van der Waals surface area contributed by atoms with Crippen molar-refractivity contribution in [1.82, 2.24) is 19.8 Å². The van der Waals surface area contributed by atoms with Crippen LogP contribution in [0.25, 0.3) is 0 Å². The van der Waals surface area contributed by atoms with E-state index in [4.69, 9.17) is 9.47 Å². The van der Waals surface area contributed by atoms with E-state index in [0.29, 0.717) is 38.5 Å². The number of nitrogens with one attached hydrogen (secondary N) is 1. The van der Waals surface area contributed by atoms with Crippen molar-refractivity contribution in [2.75, 3.05) is 40.0 Å². The van der Waals surface area contributed by atoms with E-state index in [2.05, 4.69) is 14.9 Å². The summed E-state index contributed by atoms with van der Waals surface area (Å²) in [4.78, 5) is 25.0. The molecule has 1 N–H and O–H groups in total. The second-order valence-electron chi connectivity index (χ2n) is 7.63. The standard InChI is InChI=1S/C21H28N4O3/c1-27-19-5-3-2-4-17(19)6-7-21(26)25-11-16-10-24(13-20-22-8-9-23-20)18(12-25)15-28-14-16/h2-5,8-9,16,18H,6-7,10-15H2,1H3,(H,22,23)/t16-,18+/m1/s1. The number of carbonyl (C=O) groups excluding carboxylic acids is 1. The second kappa shape index (κ2) is 8.75. The predicted molar refractivity (Wildman–Crippen MR) is 105 cm³/mol. The number of para-hydroxylation sites is 1. The molecule has 2 aromatic rings. The summed E-state index contributed by atoms with van der Waals surface area (Å²) in [5.74, 6) is 2.35. The van der Waals surface area contributed by atoms with E-state index in [9.17, 15) is 4.79 Å². The summed E-state index contributed by atoms with van der Waals surface area (Å²) in [6.07, 6.45) is 4.83. The lowest BCUT2D eigenvalue weighted by Gasteiger charge is -2.31. The number of hydrogen-bond acceptors (Lipinski definition) is 5. The van der Waals surface area contributed by atoms with Gasteiger partial charge in [-0.15, -0.1) is 0 Å². The number of hydrogen-bond donors (Lipinski definition) is 1. The molecule has 4 rings (SSSR count). The van der Waals surface area contributed by atoms with Crippen molar-refractivity contribution in [2.45, 2.75) is 25.4 Å².